The Balaban J connectivity index is 1.64. The van der Waals surface area contributed by atoms with Gasteiger partial charge in [0, 0.05) is 29.7 Å². The third-order valence-corrected chi connectivity index (χ3v) is 5.26. The van der Waals surface area contributed by atoms with Gasteiger partial charge in [0.2, 0.25) is 0 Å². The summed E-state index contributed by atoms with van der Waals surface area (Å²) >= 11 is 0. The van der Waals surface area contributed by atoms with Gasteiger partial charge < -0.3 is 15.0 Å². The van der Waals surface area contributed by atoms with E-state index >= 15 is 0 Å². The number of hydrogen-bond donors (Lipinski definition) is 2. The molecule has 27 heavy (non-hydrogen) atoms. The molecular weight excluding hydrogens is 344 g/mol. The maximum absolute atomic E-state index is 12.7. The summed E-state index contributed by atoms with van der Waals surface area (Å²) in [6.07, 6.45) is 3.30. The fourth-order valence-corrected chi connectivity index (χ4v) is 3.77. The van der Waals surface area contributed by atoms with Crippen molar-refractivity contribution >= 4 is 11.9 Å². The number of aryl methyl sites for hydroxylation is 1. The van der Waals surface area contributed by atoms with Crippen molar-refractivity contribution in [2.75, 3.05) is 13.1 Å². The second-order valence-corrected chi connectivity index (χ2v) is 7.06. The number of nitrogens with one attached hydrogen (secondary N) is 1. The maximum Gasteiger partial charge on any atom is 0.317 e. The number of amides is 1. The summed E-state index contributed by atoms with van der Waals surface area (Å²) in [7, 11) is 0. The van der Waals surface area contributed by atoms with Gasteiger partial charge >= 0.3 is 5.97 Å². The van der Waals surface area contributed by atoms with Crippen molar-refractivity contribution < 1.29 is 14.7 Å². The van der Waals surface area contributed by atoms with Gasteiger partial charge in [0.15, 0.2) is 0 Å². The van der Waals surface area contributed by atoms with Crippen LogP contribution in [0.4, 0.5) is 0 Å². The van der Waals surface area contributed by atoms with Crippen molar-refractivity contribution in [3.8, 4) is 5.82 Å². The number of likely N-dealkylation sites (N-methyl/N-ethyl adjacent to an activating group) is 1. The van der Waals surface area contributed by atoms with Gasteiger partial charge in [-0.15, -0.1) is 0 Å². The molecule has 2 aromatic heterocycles. The number of pyridine rings is 1. The summed E-state index contributed by atoms with van der Waals surface area (Å²) in [6.45, 7) is 6.59. The van der Waals surface area contributed by atoms with E-state index in [1.54, 1.807) is 6.20 Å². The lowest BCUT2D eigenvalue weighted by Gasteiger charge is -2.42. The summed E-state index contributed by atoms with van der Waals surface area (Å²) in [5, 5.41) is 12.1. The smallest absolute Gasteiger partial charge is 0.317 e. The van der Waals surface area contributed by atoms with E-state index in [2.05, 4.69) is 10.3 Å². The molecule has 2 aromatic rings. The number of carboxylic acid groups (broad SMARTS) is 1. The molecule has 7 nitrogen and oxygen atoms in total. The Morgan fingerprint density at radius 3 is 2.67 bits per heavy atom. The van der Waals surface area contributed by atoms with Crippen molar-refractivity contribution in [3.05, 3.63) is 47.4 Å². The Labute approximate surface area is 159 Å². The third-order valence-electron chi connectivity index (χ3n) is 5.26. The van der Waals surface area contributed by atoms with Gasteiger partial charge in [0.05, 0.1) is 12.1 Å². The molecule has 1 aliphatic carbocycles. The van der Waals surface area contributed by atoms with Crippen LogP contribution in [0.3, 0.4) is 0 Å². The van der Waals surface area contributed by atoms with E-state index in [-0.39, 0.29) is 24.5 Å². The highest BCUT2D eigenvalue weighted by Gasteiger charge is 2.35. The van der Waals surface area contributed by atoms with E-state index in [4.69, 9.17) is 5.11 Å². The van der Waals surface area contributed by atoms with Crippen LogP contribution < -0.4 is 5.32 Å². The molecule has 2 N–H and O–H groups in total. The first-order valence-corrected chi connectivity index (χ1v) is 9.27. The average Bonchev–Trinajstić information content (AvgIpc) is 2.91. The summed E-state index contributed by atoms with van der Waals surface area (Å²) in [5.41, 5.74) is 2.47. The molecule has 7 heteroatoms. The molecule has 1 fully saturated rings. The first-order valence-electron chi connectivity index (χ1n) is 9.27. The maximum atomic E-state index is 12.7. The Hall–Kier alpha value is -2.67. The summed E-state index contributed by atoms with van der Waals surface area (Å²) in [6, 6.07) is 7.90. The molecule has 0 aromatic carbocycles. The highest BCUT2D eigenvalue weighted by Crippen LogP contribution is 2.27. The number of aliphatic carboxylic acids is 1. The zero-order valence-electron chi connectivity index (χ0n) is 16.0. The molecule has 0 bridgehead atoms. The van der Waals surface area contributed by atoms with Gasteiger partial charge in [-0.1, -0.05) is 13.0 Å². The van der Waals surface area contributed by atoms with Gasteiger partial charge in [-0.25, -0.2) is 4.98 Å². The molecule has 0 aliphatic heterocycles. The van der Waals surface area contributed by atoms with Crippen molar-refractivity contribution in [1.82, 2.24) is 19.8 Å². The number of carbonyl (C=O) groups excluding carboxylic acids is 1. The summed E-state index contributed by atoms with van der Waals surface area (Å²) < 4.78 is 1.98. The number of rotatable bonds is 7. The predicted octanol–water partition coefficient (Wildman–Crippen LogP) is 2.16. The number of carbonyl (C=O) groups is 2. The molecule has 0 radical (unpaired) electrons. The lowest BCUT2D eigenvalue weighted by molar-refractivity contribution is -0.139. The van der Waals surface area contributed by atoms with E-state index in [1.807, 2.05) is 54.5 Å². The van der Waals surface area contributed by atoms with Crippen LogP contribution in [0, 0.1) is 13.8 Å². The van der Waals surface area contributed by atoms with Gasteiger partial charge in [-0.2, -0.15) is 0 Å². The lowest BCUT2D eigenvalue weighted by Crippen LogP contribution is -2.54. The average molecular weight is 370 g/mol. The van der Waals surface area contributed by atoms with Crippen LogP contribution in [0.5, 0.6) is 0 Å². The molecule has 144 valence electrons. The van der Waals surface area contributed by atoms with Gasteiger partial charge in [-0.05, 0) is 51.4 Å². The second-order valence-electron chi connectivity index (χ2n) is 7.06. The quantitative estimate of drug-likeness (QED) is 0.780. The molecular formula is C20H26N4O3. The fourth-order valence-electron chi connectivity index (χ4n) is 3.77. The highest BCUT2D eigenvalue weighted by atomic mass is 16.4. The lowest BCUT2D eigenvalue weighted by atomic mass is 9.85. The summed E-state index contributed by atoms with van der Waals surface area (Å²) in [5.74, 6) is -0.108. The van der Waals surface area contributed by atoms with Crippen molar-refractivity contribution in [2.24, 2.45) is 0 Å². The van der Waals surface area contributed by atoms with E-state index in [0.29, 0.717) is 12.1 Å². The minimum absolute atomic E-state index is 0.0487. The Bertz CT molecular complexity index is 825. The Kier molecular flexibility index (Phi) is 5.60. The number of carboxylic acids is 1. The molecule has 1 saturated carbocycles. The molecule has 2 heterocycles. The molecule has 0 atom stereocenters. The van der Waals surface area contributed by atoms with Crippen molar-refractivity contribution in [1.29, 1.82) is 0 Å². The van der Waals surface area contributed by atoms with Crippen LogP contribution >= 0.6 is 0 Å². The predicted molar refractivity (Wildman–Crippen MR) is 102 cm³/mol. The van der Waals surface area contributed by atoms with Gasteiger partial charge in [0.1, 0.15) is 5.82 Å². The van der Waals surface area contributed by atoms with Crippen LogP contribution in [0.15, 0.2) is 30.5 Å². The van der Waals surface area contributed by atoms with Gasteiger partial charge in [0.25, 0.3) is 5.91 Å². The minimum atomic E-state index is -0.814. The Morgan fingerprint density at radius 2 is 2.07 bits per heavy atom. The summed E-state index contributed by atoms with van der Waals surface area (Å²) in [4.78, 5) is 30.0. The first-order chi connectivity index (χ1) is 12.9. The first kappa shape index (κ1) is 19.1. The molecule has 0 spiro atoms. The van der Waals surface area contributed by atoms with E-state index in [1.165, 1.54) is 0 Å². The third kappa shape index (κ3) is 4.03. The van der Waals surface area contributed by atoms with Crippen molar-refractivity contribution in [3.63, 3.8) is 0 Å². The monoisotopic (exact) mass is 370 g/mol. The molecule has 1 aliphatic rings. The zero-order chi connectivity index (χ0) is 19.6. The van der Waals surface area contributed by atoms with E-state index in [9.17, 15) is 9.59 Å². The molecule has 1 amide bonds. The van der Waals surface area contributed by atoms with Crippen LogP contribution in [-0.2, 0) is 4.79 Å². The molecule has 3 rings (SSSR count). The van der Waals surface area contributed by atoms with Crippen LogP contribution in [0.25, 0.3) is 5.82 Å². The minimum Gasteiger partial charge on any atom is -0.480 e. The molecule has 0 unspecified atom stereocenters. The molecule has 0 saturated heterocycles. The largest absolute Gasteiger partial charge is 0.480 e. The standard InChI is InChI=1S/C20H26N4O3/c1-4-23(12-19(25)26)16-10-15(11-16)22-20(27)17-9-13(2)24(14(17)3)18-7-5-6-8-21-18/h5-9,15-16H,4,10-12H2,1-3H3,(H,22,27)(H,25,26). The van der Waals surface area contributed by atoms with Crippen molar-refractivity contribution in [2.45, 2.75) is 45.7 Å². The van der Waals surface area contributed by atoms with E-state index in [0.717, 1.165) is 30.0 Å². The SMILES string of the molecule is CCN(CC(=O)O)C1CC(NC(=O)c2cc(C)n(-c3ccccn3)c2C)C1. The normalized spacial score (nSPS) is 19.0. The fraction of sp³-hybridized carbons (Fsp3) is 0.450. The Morgan fingerprint density at radius 1 is 1.33 bits per heavy atom. The van der Waals surface area contributed by atoms with Crippen LogP contribution in [0.2, 0.25) is 0 Å². The second kappa shape index (κ2) is 7.92. The highest BCUT2D eigenvalue weighted by molar-refractivity contribution is 5.96. The van der Waals surface area contributed by atoms with Crippen LogP contribution in [-0.4, -0.2) is 56.6 Å². The number of hydrogen-bond acceptors (Lipinski definition) is 4. The van der Waals surface area contributed by atoms with E-state index < -0.39 is 5.97 Å². The van der Waals surface area contributed by atoms with Gasteiger partial charge in [-0.3, -0.25) is 14.5 Å². The number of nitrogens with zero attached hydrogens (tertiary/aromatic N) is 3. The zero-order valence-corrected chi connectivity index (χ0v) is 16.0. The van der Waals surface area contributed by atoms with Crippen LogP contribution in [0.1, 0.15) is 41.5 Å². The number of aromatic nitrogens is 2. The topological polar surface area (TPSA) is 87.5 Å².